The number of anilines is 2. The summed E-state index contributed by atoms with van der Waals surface area (Å²) in [4.78, 5) is 24.8. The summed E-state index contributed by atoms with van der Waals surface area (Å²) in [5.41, 5.74) is 2.73. The van der Waals surface area contributed by atoms with E-state index in [9.17, 15) is 9.59 Å². The minimum absolute atomic E-state index is 0.109. The molecule has 0 heterocycles. The molecule has 0 fully saturated rings. The van der Waals surface area contributed by atoms with Crippen molar-refractivity contribution in [2.45, 2.75) is 26.7 Å². The van der Waals surface area contributed by atoms with Gasteiger partial charge in [0, 0.05) is 16.9 Å². The molecule has 5 heteroatoms. The summed E-state index contributed by atoms with van der Waals surface area (Å²) < 4.78 is 5.69. The van der Waals surface area contributed by atoms with Gasteiger partial charge in [0.25, 0.3) is 5.91 Å². The van der Waals surface area contributed by atoms with Gasteiger partial charge in [-0.3, -0.25) is 9.59 Å². The first-order chi connectivity index (χ1) is 15.0. The highest BCUT2D eigenvalue weighted by molar-refractivity contribution is 6.04. The van der Waals surface area contributed by atoms with E-state index >= 15 is 0 Å². The third-order valence-electron chi connectivity index (χ3n) is 4.69. The van der Waals surface area contributed by atoms with Crippen molar-refractivity contribution in [3.8, 4) is 5.75 Å². The molecule has 0 aromatic heterocycles. The van der Waals surface area contributed by atoms with Crippen molar-refractivity contribution in [1.82, 2.24) is 0 Å². The fraction of sp³-hybridized carbons (Fsp3) is 0.231. The number of carbonyl (C=O) groups excluding carboxylic acids is 2. The van der Waals surface area contributed by atoms with E-state index in [1.165, 1.54) is 0 Å². The van der Waals surface area contributed by atoms with Crippen LogP contribution in [0.1, 0.15) is 36.2 Å². The minimum Gasteiger partial charge on any atom is -0.494 e. The van der Waals surface area contributed by atoms with Crippen LogP contribution in [0.2, 0.25) is 0 Å². The molecule has 0 saturated carbocycles. The number of hydrogen-bond donors (Lipinski definition) is 2. The highest BCUT2D eigenvalue weighted by atomic mass is 16.5. The Morgan fingerprint density at radius 2 is 1.52 bits per heavy atom. The smallest absolute Gasteiger partial charge is 0.255 e. The Hall–Kier alpha value is -3.60. The lowest BCUT2D eigenvalue weighted by molar-refractivity contribution is -0.115. The quantitative estimate of drug-likeness (QED) is 0.481. The monoisotopic (exact) mass is 416 g/mol. The van der Waals surface area contributed by atoms with Crippen LogP contribution in [0.15, 0.2) is 78.9 Å². The third-order valence-corrected chi connectivity index (χ3v) is 4.69. The molecule has 0 unspecified atom stereocenters. The summed E-state index contributed by atoms with van der Waals surface area (Å²) in [6.07, 6.45) is 1.28. The van der Waals surface area contributed by atoms with Gasteiger partial charge in [-0.15, -0.1) is 0 Å². The maximum atomic E-state index is 12.6. The zero-order valence-corrected chi connectivity index (χ0v) is 17.9. The lowest BCUT2D eigenvalue weighted by Gasteiger charge is -2.10. The van der Waals surface area contributed by atoms with Crippen molar-refractivity contribution in [2.24, 2.45) is 5.92 Å². The van der Waals surface area contributed by atoms with Gasteiger partial charge in [-0.05, 0) is 60.4 Å². The predicted molar refractivity (Wildman–Crippen MR) is 125 cm³/mol. The van der Waals surface area contributed by atoms with Crippen molar-refractivity contribution in [1.29, 1.82) is 0 Å². The molecule has 2 N–H and O–H groups in total. The second kappa shape index (κ2) is 11.0. The molecule has 0 saturated heterocycles. The number of benzene rings is 3. The molecule has 160 valence electrons. The Labute approximate surface area is 183 Å². The van der Waals surface area contributed by atoms with Gasteiger partial charge in [0.15, 0.2) is 0 Å². The molecule has 31 heavy (non-hydrogen) atoms. The van der Waals surface area contributed by atoms with Crippen LogP contribution in [0.25, 0.3) is 0 Å². The van der Waals surface area contributed by atoms with Crippen molar-refractivity contribution < 1.29 is 14.3 Å². The largest absolute Gasteiger partial charge is 0.494 e. The number of rotatable bonds is 9. The molecule has 3 aromatic carbocycles. The van der Waals surface area contributed by atoms with Crippen LogP contribution in [0.5, 0.6) is 5.75 Å². The highest BCUT2D eigenvalue weighted by Crippen LogP contribution is 2.18. The summed E-state index contributed by atoms with van der Waals surface area (Å²) in [6.45, 7) is 4.97. The van der Waals surface area contributed by atoms with Crippen LogP contribution >= 0.6 is 0 Å². The molecule has 0 radical (unpaired) electrons. The van der Waals surface area contributed by atoms with Crippen molar-refractivity contribution in [3.63, 3.8) is 0 Å². The molecule has 0 aliphatic rings. The van der Waals surface area contributed by atoms with Gasteiger partial charge in [-0.25, -0.2) is 0 Å². The third kappa shape index (κ3) is 7.30. The van der Waals surface area contributed by atoms with Crippen molar-refractivity contribution >= 4 is 23.2 Å². The normalized spacial score (nSPS) is 10.5. The Morgan fingerprint density at radius 1 is 0.839 bits per heavy atom. The lowest BCUT2D eigenvalue weighted by Crippen LogP contribution is -2.15. The summed E-state index contributed by atoms with van der Waals surface area (Å²) in [5.74, 6) is 1.01. The van der Waals surface area contributed by atoms with Crippen molar-refractivity contribution in [2.75, 3.05) is 17.2 Å². The molecule has 0 bridgehead atoms. The Bertz CT molecular complexity index is 999. The first-order valence-corrected chi connectivity index (χ1v) is 10.5. The molecular weight excluding hydrogens is 388 g/mol. The van der Waals surface area contributed by atoms with E-state index in [2.05, 4.69) is 24.5 Å². The summed E-state index contributed by atoms with van der Waals surface area (Å²) >= 11 is 0. The van der Waals surface area contributed by atoms with E-state index < -0.39 is 0 Å². The van der Waals surface area contributed by atoms with E-state index in [1.54, 1.807) is 48.5 Å². The van der Waals surface area contributed by atoms with E-state index in [1.807, 2.05) is 30.3 Å². The number of ether oxygens (including phenoxy) is 1. The molecule has 3 aromatic rings. The van der Waals surface area contributed by atoms with Crippen LogP contribution in [0.4, 0.5) is 11.4 Å². The maximum Gasteiger partial charge on any atom is 0.255 e. The molecular formula is C26H28N2O3. The van der Waals surface area contributed by atoms with E-state index in [0.29, 0.717) is 35.9 Å². The predicted octanol–water partition coefficient (Wildman–Crippen LogP) is 5.55. The SMILES string of the molecule is CC(C)CCOc1ccc(C(=O)Nc2cccc(NC(=O)Cc3ccccc3)c2)cc1. The van der Waals surface area contributed by atoms with Gasteiger partial charge < -0.3 is 15.4 Å². The van der Waals surface area contributed by atoms with Gasteiger partial charge >= 0.3 is 0 Å². The van der Waals surface area contributed by atoms with E-state index in [4.69, 9.17) is 4.74 Å². The average molecular weight is 417 g/mol. The molecule has 5 nitrogen and oxygen atoms in total. The van der Waals surface area contributed by atoms with Gasteiger partial charge in [0.2, 0.25) is 5.91 Å². The minimum atomic E-state index is -0.221. The number of amides is 2. The summed E-state index contributed by atoms with van der Waals surface area (Å²) in [7, 11) is 0. The zero-order chi connectivity index (χ0) is 22.1. The Balaban J connectivity index is 1.55. The second-order valence-corrected chi connectivity index (χ2v) is 7.80. The Kier molecular flexibility index (Phi) is 7.82. The topological polar surface area (TPSA) is 67.4 Å². The molecule has 0 aliphatic heterocycles. The molecule has 0 spiro atoms. The fourth-order valence-corrected chi connectivity index (χ4v) is 2.98. The first kappa shape index (κ1) is 22.1. The van der Waals surface area contributed by atoms with Crippen LogP contribution < -0.4 is 15.4 Å². The number of carbonyl (C=O) groups is 2. The maximum absolute atomic E-state index is 12.6. The summed E-state index contributed by atoms with van der Waals surface area (Å²) in [6, 6.07) is 23.8. The first-order valence-electron chi connectivity index (χ1n) is 10.5. The molecule has 3 rings (SSSR count). The molecule has 0 atom stereocenters. The van der Waals surface area contributed by atoms with E-state index in [-0.39, 0.29) is 11.8 Å². The second-order valence-electron chi connectivity index (χ2n) is 7.80. The van der Waals surface area contributed by atoms with Crippen LogP contribution in [0, 0.1) is 5.92 Å². The standard InChI is InChI=1S/C26H28N2O3/c1-19(2)15-16-31-24-13-11-21(12-14-24)26(30)28-23-10-6-9-22(18-23)27-25(29)17-20-7-4-3-5-8-20/h3-14,18-19H,15-17H2,1-2H3,(H,27,29)(H,28,30). The van der Waals surface area contributed by atoms with E-state index in [0.717, 1.165) is 17.7 Å². The average Bonchev–Trinajstić information content (AvgIpc) is 2.75. The van der Waals surface area contributed by atoms with Crippen LogP contribution in [0.3, 0.4) is 0 Å². The fourth-order valence-electron chi connectivity index (χ4n) is 2.98. The highest BCUT2D eigenvalue weighted by Gasteiger charge is 2.09. The number of hydrogen-bond acceptors (Lipinski definition) is 3. The lowest BCUT2D eigenvalue weighted by atomic mass is 10.1. The van der Waals surface area contributed by atoms with Crippen molar-refractivity contribution in [3.05, 3.63) is 90.0 Å². The van der Waals surface area contributed by atoms with Gasteiger partial charge in [-0.2, -0.15) is 0 Å². The van der Waals surface area contributed by atoms with Gasteiger partial charge in [0.05, 0.1) is 13.0 Å². The van der Waals surface area contributed by atoms with Crippen LogP contribution in [-0.2, 0) is 11.2 Å². The summed E-state index contributed by atoms with van der Waals surface area (Å²) in [5, 5.41) is 5.74. The zero-order valence-electron chi connectivity index (χ0n) is 17.9. The molecule has 0 aliphatic carbocycles. The van der Waals surface area contributed by atoms with Gasteiger partial charge in [0.1, 0.15) is 5.75 Å². The molecule has 2 amide bonds. The van der Waals surface area contributed by atoms with Gasteiger partial charge in [-0.1, -0.05) is 50.2 Å². The number of nitrogens with one attached hydrogen (secondary N) is 2. The Morgan fingerprint density at radius 3 is 2.19 bits per heavy atom. The van der Waals surface area contributed by atoms with Crippen LogP contribution in [-0.4, -0.2) is 18.4 Å².